The van der Waals surface area contributed by atoms with Crippen molar-refractivity contribution in [2.45, 2.75) is 26.4 Å². The molecule has 1 aromatic carbocycles. The summed E-state index contributed by atoms with van der Waals surface area (Å²) in [5.74, 6) is 0.689. The Kier molecular flexibility index (Phi) is 4.16. The van der Waals surface area contributed by atoms with Gasteiger partial charge in [-0.25, -0.2) is 9.78 Å². The summed E-state index contributed by atoms with van der Waals surface area (Å²) < 4.78 is 10.5. The van der Waals surface area contributed by atoms with Gasteiger partial charge in [0.1, 0.15) is 11.4 Å². The largest absolute Gasteiger partial charge is 0.497 e. The Morgan fingerprint density at radius 2 is 2.10 bits per heavy atom. The smallest absolute Gasteiger partial charge is 0.412 e. The van der Waals surface area contributed by atoms with Gasteiger partial charge in [-0.1, -0.05) is 0 Å². The molecule has 0 aliphatic rings. The van der Waals surface area contributed by atoms with Gasteiger partial charge in [0.15, 0.2) is 0 Å². The van der Waals surface area contributed by atoms with Gasteiger partial charge in [-0.3, -0.25) is 5.32 Å². The zero-order valence-corrected chi connectivity index (χ0v) is 12.6. The first kappa shape index (κ1) is 14.9. The summed E-state index contributed by atoms with van der Waals surface area (Å²) in [5.41, 5.74) is 1.62. The Morgan fingerprint density at radius 3 is 2.67 bits per heavy atom. The van der Waals surface area contributed by atoms with Crippen LogP contribution in [0.5, 0.6) is 5.75 Å². The number of benzene rings is 1. The molecule has 0 radical (unpaired) electrons. The average molecular weight is 289 g/mol. The molecule has 0 bridgehead atoms. The first-order valence-corrected chi connectivity index (χ1v) is 6.56. The third-order valence-electron chi connectivity index (χ3n) is 2.65. The predicted molar refractivity (Wildman–Crippen MR) is 80.4 cm³/mol. The number of rotatable bonds is 3. The van der Waals surface area contributed by atoms with Crippen molar-refractivity contribution >= 4 is 11.8 Å². The summed E-state index contributed by atoms with van der Waals surface area (Å²) in [7, 11) is 1.59. The number of hydrogen-bond donors (Lipinski definition) is 2. The molecule has 6 nitrogen and oxygen atoms in total. The molecule has 0 unspecified atom stereocenters. The molecule has 1 heterocycles. The predicted octanol–water partition coefficient (Wildman–Crippen LogP) is 3.43. The van der Waals surface area contributed by atoms with E-state index >= 15 is 0 Å². The fourth-order valence-electron chi connectivity index (χ4n) is 1.80. The molecular weight excluding hydrogens is 270 g/mol. The topological polar surface area (TPSA) is 76.2 Å². The van der Waals surface area contributed by atoms with Crippen LogP contribution in [0.3, 0.4) is 0 Å². The summed E-state index contributed by atoms with van der Waals surface area (Å²) >= 11 is 0. The van der Waals surface area contributed by atoms with Crippen molar-refractivity contribution in [3.05, 3.63) is 30.7 Å². The summed E-state index contributed by atoms with van der Waals surface area (Å²) in [6.07, 6.45) is 2.75. The lowest BCUT2D eigenvalue weighted by Gasteiger charge is -2.20. The maximum atomic E-state index is 11.9. The zero-order valence-electron chi connectivity index (χ0n) is 12.6. The van der Waals surface area contributed by atoms with Crippen LogP contribution in [0.2, 0.25) is 0 Å². The molecule has 6 heteroatoms. The van der Waals surface area contributed by atoms with E-state index < -0.39 is 11.7 Å². The minimum absolute atomic E-state index is 0.506. The van der Waals surface area contributed by atoms with E-state index in [0.29, 0.717) is 11.4 Å². The number of aromatic nitrogens is 2. The van der Waals surface area contributed by atoms with E-state index in [9.17, 15) is 4.79 Å². The van der Waals surface area contributed by atoms with Crippen molar-refractivity contribution in [3.63, 3.8) is 0 Å². The maximum absolute atomic E-state index is 11.9. The van der Waals surface area contributed by atoms with Crippen molar-refractivity contribution in [2.24, 2.45) is 0 Å². The number of nitrogens with one attached hydrogen (secondary N) is 2. The average Bonchev–Trinajstić information content (AvgIpc) is 2.90. The number of hydrogen-bond acceptors (Lipinski definition) is 4. The van der Waals surface area contributed by atoms with Gasteiger partial charge in [0.2, 0.25) is 0 Å². The van der Waals surface area contributed by atoms with Crippen LogP contribution in [0.4, 0.5) is 10.5 Å². The van der Waals surface area contributed by atoms with Gasteiger partial charge >= 0.3 is 6.09 Å². The SMILES string of the molecule is COc1ccc(NC(=O)OC(C)(C)C)c(-c2cnc[nH]2)c1. The zero-order chi connectivity index (χ0) is 15.5. The molecule has 0 spiro atoms. The van der Waals surface area contributed by atoms with Crippen LogP contribution in [-0.2, 0) is 4.74 Å². The number of imidazole rings is 1. The van der Waals surface area contributed by atoms with Crippen molar-refractivity contribution < 1.29 is 14.3 Å². The van der Waals surface area contributed by atoms with E-state index in [1.54, 1.807) is 31.8 Å². The lowest BCUT2D eigenvalue weighted by Crippen LogP contribution is -2.27. The second-order valence-corrected chi connectivity index (χ2v) is 5.50. The van der Waals surface area contributed by atoms with E-state index in [0.717, 1.165) is 11.3 Å². The highest BCUT2D eigenvalue weighted by Gasteiger charge is 2.18. The summed E-state index contributed by atoms with van der Waals surface area (Å²) in [4.78, 5) is 18.9. The molecule has 0 saturated carbocycles. The Labute approximate surface area is 123 Å². The fourth-order valence-corrected chi connectivity index (χ4v) is 1.80. The fraction of sp³-hybridized carbons (Fsp3) is 0.333. The van der Waals surface area contributed by atoms with Crippen LogP contribution in [0.15, 0.2) is 30.7 Å². The third-order valence-corrected chi connectivity index (χ3v) is 2.65. The van der Waals surface area contributed by atoms with Gasteiger partial charge in [0.05, 0.1) is 31.0 Å². The second kappa shape index (κ2) is 5.87. The molecule has 21 heavy (non-hydrogen) atoms. The monoisotopic (exact) mass is 289 g/mol. The van der Waals surface area contributed by atoms with Gasteiger partial charge in [-0.15, -0.1) is 0 Å². The van der Waals surface area contributed by atoms with Crippen molar-refractivity contribution in [2.75, 3.05) is 12.4 Å². The van der Waals surface area contributed by atoms with Crippen LogP contribution in [0.25, 0.3) is 11.3 Å². The van der Waals surface area contributed by atoms with E-state index in [2.05, 4.69) is 15.3 Å². The van der Waals surface area contributed by atoms with E-state index in [4.69, 9.17) is 9.47 Å². The molecule has 1 amide bonds. The summed E-state index contributed by atoms with van der Waals surface area (Å²) in [5, 5.41) is 2.74. The highest BCUT2D eigenvalue weighted by molar-refractivity contribution is 5.91. The number of anilines is 1. The Morgan fingerprint density at radius 1 is 1.33 bits per heavy atom. The molecular formula is C15H19N3O3. The Balaban J connectivity index is 2.29. The normalized spacial score (nSPS) is 11.0. The van der Waals surface area contributed by atoms with Gasteiger partial charge in [0, 0.05) is 5.56 Å². The number of H-pyrrole nitrogens is 1. The molecule has 2 aromatic rings. The molecule has 0 atom stereocenters. The number of methoxy groups -OCH3 is 1. The lowest BCUT2D eigenvalue weighted by atomic mass is 10.1. The van der Waals surface area contributed by atoms with Gasteiger partial charge < -0.3 is 14.5 Å². The molecule has 0 aliphatic heterocycles. The summed E-state index contributed by atoms with van der Waals surface area (Å²) in [6, 6.07) is 5.35. The Bertz CT molecular complexity index is 616. The lowest BCUT2D eigenvalue weighted by molar-refractivity contribution is 0.0636. The minimum Gasteiger partial charge on any atom is -0.497 e. The standard InChI is InChI=1S/C15H19N3O3/c1-15(2,3)21-14(19)18-12-6-5-10(20-4)7-11(12)13-8-16-9-17-13/h5-9H,1-4H3,(H,16,17)(H,18,19). The second-order valence-electron chi connectivity index (χ2n) is 5.50. The minimum atomic E-state index is -0.551. The molecule has 0 fully saturated rings. The van der Waals surface area contributed by atoms with Crippen LogP contribution in [0, 0.1) is 0 Å². The van der Waals surface area contributed by atoms with Crippen LogP contribution >= 0.6 is 0 Å². The number of aromatic amines is 1. The quantitative estimate of drug-likeness (QED) is 0.907. The third kappa shape index (κ3) is 3.98. The van der Waals surface area contributed by atoms with Gasteiger partial charge in [0.25, 0.3) is 0 Å². The van der Waals surface area contributed by atoms with Crippen LogP contribution in [0.1, 0.15) is 20.8 Å². The maximum Gasteiger partial charge on any atom is 0.412 e. The van der Waals surface area contributed by atoms with Crippen LogP contribution in [-0.4, -0.2) is 28.8 Å². The van der Waals surface area contributed by atoms with Crippen molar-refractivity contribution in [3.8, 4) is 17.0 Å². The molecule has 2 N–H and O–H groups in total. The Hall–Kier alpha value is -2.50. The number of carbonyl (C=O) groups is 1. The number of nitrogens with zero attached hydrogens (tertiary/aromatic N) is 1. The van der Waals surface area contributed by atoms with Crippen molar-refractivity contribution in [1.82, 2.24) is 9.97 Å². The molecule has 1 aromatic heterocycles. The number of ether oxygens (including phenoxy) is 2. The highest BCUT2D eigenvalue weighted by atomic mass is 16.6. The van der Waals surface area contributed by atoms with E-state index in [1.807, 2.05) is 26.8 Å². The summed E-state index contributed by atoms with van der Waals surface area (Å²) in [6.45, 7) is 5.45. The van der Waals surface area contributed by atoms with Gasteiger partial charge in [-0.2, -0.15) is 0 Å². The molecule has 0 aliphatic carbocycles. The molecule has 0 saturated heterocycles. The van der Waals surface area contributed by atoms with Crippen molar-refractivity contribution in [1.29, 1.82) is 0 Å². The molecule has 2 rings (SSSR count). The first-order valence-electron chi connectivity index (χ1n) is 6.56. The van der Waals surface area contributed by atoms with Gasteiger partial charge in [-0.05, 0) is 39.0 Å². The molecule has 112 valence electrons. The first-order chi connectivity index (χ1) is 9.89. The number of carbonyl (C=O) groups excluding carboxylic acids is 1. The number of amides is 1. The van der Waals surface area contributed by atoms with E-state index in [1.165, 1.54) is 0 Å². The van der Waals surface area contributed by atoms with E-state index in [-0.39, 0.29) is 0 Å². The van der Waals surface area contributed by atoms with Crippen LogP contribution < -0.4 is 10.1 Å². The highest BCUT2D eigenvalue weighted by Crippen LogP contribution is 2.30.